The average Bonchev–Trinajstić information content (AvgIpc) is 3.01. The van der Waals surface area contributed by atoms with Crippen molar-refractivity contribution in [3.63, 3.8) is 0 Å². The van der Waals surface area contributed by atoms with Gasteiger partial charge in [0, 0.05) is 31.4 Å². The van der Waals surface area contributed by atoms with Crippen LogP contribution in [0.2, 0.25) is 0 Å². The molecule has 0 aliphatic heterocycles. The minimum Gasteiger partial charge on any atom is -0.300 e. The number of ketones is 2. The fraction of sp³-hybridized carbons (Fsp3) is 0.625. The van der Waals surface area contributed by atoms with Crippen LogP contribution in [0.5, 0.6) is 0 Å². The van der Waals surface area contributed by atoms with Gasteiger partial charge in [-0.1, -0.05) is 19.9 Å². The summed E-state index contributed by atoms with van der Waals surface area (Å²) in [6.07, 6.45) is 11.0. The number of fused-ring (bicyclic) bond motifs is 5. The van der Waals surface area contributed by atoms with Gasteiger partial charge in [0.2, 0.25) is 0 Å². The normalized spacial score (nSPS) is 42.5. The summed E-state index contributed by atoms with van der Waals surface area (Å²) in [5, 5.41) is 0. The summed E-state index contributed by atoms with van der Waals surface area (Å²) in [6, 6.07) is 1.59. The molecule has 0 amide bonds. The number of aromatic nitrogens is 1. The molecule has 6 atom stereocenters. The van der Waals surface area contributed by atoms with Crippen molar-refractivity contribution in [3.05, 3.63) is 35.9 Å². The standard InChI is InChI=1S/C24H28FNO2/c1-23-8-6-20-17(11-22(28)21-10-16(27)5-7-24(20,21)2)19(23)4-3-18(23)14-9-15(25)13-26-12-14/h3,9,12-13,17,19-21H,4-8,10-11H2,1-2H3/t17?,19?,20?,21?,23-,24-/m1/s1. The van der Waals surface area contributed by atoms with Gasteiger partial charge >= 0.3 is 0 Å². The minimum atomic E-state index is -0.297. The van der Waals surface area contributed by atoms with Gasteiger partial charge < -0.3 is 0 Å². The number of Topliss-reactive ketones (excluding diaryl/α,β-unsaturated/α-hetero) is 2. The molecule has 4 heteroatoms. The van der Waals surface area contributed by atoms with Gasteiger partial charge in [-0.3, -0.25) is 14.6 Å². The van der Waals surface area contributed by atoms with E-state index in [0.717, 1.165) is 31.2 Å². The Hall–Kier alpha value is -1.84. The third-order valence-corrected chi connectivity index (χ3v) is 8.88. The average molecular weight is 381 g/mol. The van der Waals surface area contributed by atoms with E-state index in [1.807, 2.05) is 0 Å². The Labute approximate surface area is 165 Å². The smallest absolute Gasteiger partial charge is 0.142 e. The molecule has 0 bridgehead atoms. The lowest BCUT2D eigenvalue weighted by atomic mass is 9.44. The predicted octanol–water partition coefficient (Wildman–Crippen LogP) is 5.00. The van der Waals surface area contributed by atoms with Crippen molar-refractivity contribution in [1.29, 1.82) is 0 Å². The van der Waals surface area contributed by atoms with E-state index in [2.05, 4.69) is 24.9 Å². The molecule has 4 unspecified atom stereocenters. The Balaban J connectivity index is 1.48. The molecule has 0 radical (unpaired) electrons. The lowest BCUT2D eigenvalue weighted by Crippen LogP contribution is -2.56. The van der Waals surface area contributed by atoms with Gasteiger partial charge in [-0.2, -0.15) is 0 Å². The maximum absolute atomic E-state index is 13.8. The van der Waals surface area contributed by atoms with Crippen LogP contribution in [-0.2, 0) is 9.59 Å². The molecular formula is C24H28FNO2. The second-order valence-corrected chi connectivity index (χ2v) is 10.0. The fourth-order valence-corrected chi connectivity index (χ4v) is 7.41. The molecule has 28 heavy (non-hydrogen) atoms. The van der Waals surface area contributed by atoms with E-state index < -0.39 is 0 Å². The largest absolute Gasteiger partial charge is 0.300 e. The molecular weight excluding hydrogens is 353 g/mol. The van der Waals surface area contributed by atoms with Gasteiger partial charge in [-0.25, -0.2) is 4.39 Å². The van der Waals surface area contributed by atoms with E-state index in [9.17, 15) is 14.0 Å². The first-order valence-electron chi connectivity index (χ1n) is 10.7. The number of carbonyl (C=O) groups is 2. The van der Waals surface area contributed by atoms with E-state index in [0.29, 0.717) is 42.8 Å². The number of rotatable bonds is 1. The Bertz CT molecular complexity index is 892. The molecule has 4 aliphatic rings. The molecule has 0 aromatic carbocycles. The summed E-state index contributed by atoms with van der Waals surface area (Å²) in [5.41, 5.74) is 2.04. The fourth-order valence-electron chi connectivity index (χ4n) is 7.41. The van der Waals surface area contributed by atoms with E-state index in [4.69, 9.17) is 0 Å². The van der Waals surface area contributed by atoms with Crippen LogP contribution in [0.4, 0.5) is 4.39 Å². The maximum Gasteiger partial charge on any atom is 0.142 e. The SMILES string of the molecule is C[C@]12CCC(=O)CC1C(=O)CC1C2CC[C@]2(C)C(c3cncc(F)c3)=CCC12. The highest BCUT2D eigenvalue weighted by Crippen LogP contribution is 2.66. The lowest BCUT2D eigenvalue weighted by Gasteiger charge is -2.59. The lowest BCUT2D eigenvalue weighted by molar-refractivity contribution is -0.155. The molecule has 0 spiro atoms. The second-order valence-electron chi connectivity index (χ2n) is 10.0. The van der Waals surface area contributed by atoms with Crippen molar-refractivity contribution < 1.29 is 14.0 Å². The molecule has 3 saturated carbocycles. The zero-order valence-corrected chi connectivity index (χ0v) is 16.7. The quantitative estimate of drug-likeness (QED) is 0.687. The van der Waals surface area contributed by atoms with E-state index >= 15 is 0 Å². The topological polar surface area (TPSA) is 47.0 Å². The molecule has 0 saturated heterocycles. The van der Waals surface area contributed by atoms with Crippen molar-refractivity contribution in [2.24, 2.45) is 34.5 Å². The van der Waals surface area contributed by atoms with Crippen LogP contribution in [0.25, 0.3) is 5.57 Å². The second kappa shape index (κ2) is 6.08. The zero-order chi connectivity index (χ0) is 19.7. The van der Waals surface area contributed by atoms with Crippen LogP contribution < -0.4 is 0 Å². The van der Waals surface area contributed by atoms with Crippen LogP contribution in [0.3, 0.4) is 0 Å². The maximum atomic E-state index is 13.8. The minimum absolute atomic E-state index is 0.0232. The van der Waals surface area contributed by atoms with Crippen LogP contribution >= 0.6 is 0 Å². The number of nitrogens with zero attached hydrogens (tertiary/aromatic N) is 1. The number of hydrogen-bond donors (Lipinski definition) is 0. The zero-order valence-electron chi connectivity index (χ0n) is 16.7. The van der Waals surface area contributed by atoms with Gasteiger partial charge in [-0.15, -0.1) is 0 Å². The third-order valence-electron chi connectivity index (χ3n) is 8.88. The summed E-state index contributed by atoms with van der Waals surface area (Å²) < 4.78 is 13.8. The molecule has 4 aliphatic carbocycles. The van der Waals surface area contributed by atoms with Crippen molar-refractivity contribution in [1.82, 2.24) is 4.98 Å². The van der Waals surface area contributed by atoms with Crippen molar-refractivity contribution in [3.8, 4) is 0 Å². The van der Waals surface area contributed by atoms with E-state index in [1.54, 1.807) is 12.3 Å². The molecule has 148 valence electrons. The molecule has 0 N–H and O–H groups in total. The molecule has 1 aromatic rings. The first-order chi connectivity index (χ1) is 13.3. The summed E-state index contributed by atoms with van der Waals surface area (Å²) in [6.45, 7) is 4.59. The van der Waals surface area contributed by atoms with Crippen LogP contribution in [-0.4, -0.2) is 16.6 Å². The van der Waals surface area contributed by atoms with Gasteiger partial charge in [0.25, 0.3) is 0 Å². The monoisotopic (exact) mass is 381 g/mol. The summed E-state index contributed by atoms with van der Waals surface area (Å²) >= 11 is 0. The van der Waals surface area contributed by atoms with Crippen molar-refractivity contribution in [2.45, 2.75) is 58.8 Å². The highest BCUT2D eigenvalue weighted by atomic mass is 19.1. The molecule has 3 fully saturated rings. The van der Waals surface area contributed by atoms with Gasteiger partial charge in [-0.05, 0) is 71.5 Å². The predicted molar refractivity (Wildman–Crippen MR) is 105 cm³/mol. The first kappa shape index (κ1) is 18.2. The highest BCUT2D eigenvalue weighted by Gasteiger charge is 2.60. The number of halogens is 1. The van der Waals surface area contributed by atoms with E-state index in [1.165, 1.54) is 11.8 Å². The highest BCUT2D eigenvalue weighted by molar-refractivity contribution is 5.91. The Morgan fingerprint density at radius 1 is 1.11 bits per heavy atom. The van der Waals surface area contributed by atoms with Gasteiger partial charge in [0.15, 0.2) is 0 Å². The Morgan fingerprint density at radius 2 is 1.93 bits per heavy atom. The molecule has 1 heterocycles. The molecule has 3 nitrogen and oxygen atoms in total. The number of carbonyl (C=O) groups excluding carboxylic acids is 2. The number of allylic oxidation sites excluding steroid dienone is 2. The van der Waals surface area contributed by atoms with Crippen LogP contribution in [0.1, 0.15) is 64.4 Å². The van der Waals surface area contributed by atoms with Crippen LogP contribution in [0.15, 0.2) is 24.5 Å². The molecule has 5 rings (SSSR count). The Kier molecular flexibility index (Phi) is 3.95. The third kappa shape index (κ3) is 2.42. The number of hydrogen-bond acceptors (Lipinski definition) is 3. The van der Waals surface area contributed by atoms with Crippen LogP contribution in [0, 0.1) is 40.3 Å². The molecule has 1 aromatic heterocycles. The van der Waals surface area contributed by atoms with E-state index in [-0.39, 0.29) is 28.3 Å². The van der Waals surface area contributed by atoms with Gasteiger partial charge in [0.05, 0.1) is 6.20 Å². The first-order valence-corrected chi connectivity index (χ1v) is 10.7. The Morgan fingerprint density at radius 3 is 2.71 bits per heavy atom. The van der Waals surface area contributed by atoms with Crippen molar-refractivity contribution in [2.75, 3.05) is 0 Å². The van der Waals surface area contributed by atoms with Gasteiger partial charge in [0.1, 0.15) is 17.4 Å². The van der Waals surface area contributed by atoms with Crippen molar-refractivity contribution >= 4 is 17.1 Å². The number of pyridine rings is 1. The summed E-state index contributed by atoms with van der Waals surface area (Å²) in [4.78, 5) is 29.2. The summed E-state index contributed by atoms with van der Waals surface area (Å²) in [7, 11) is 0. The summed E-state index contributed by atoms with van der Waals surface area (Å²) in [5.74, 6) is 1.51.